The van der Waals surface area contributed by atoms with Crippen LogP contribution >= 0.6 is 11.3 Å². The summed E-state index contributed by atoms with van der Waals surface area (Å²) in [5, 5.41) is 11.9. The average molecular weight is 492 g/mol. The number of aliphatic carboxylic acids is 1. The van der Waals surface area contributed by atoms with Crippen LogP contribution < -0.4 is 5.32 Å². The number of rotatable bonds is 10. The molecule has 0 radical (unpaired) electrons. The SMILES string of the molecule is CC(C)(C)OC(=C=O)C(CCC(=O)O)NC(=O)c1ccc(C(c2ccccc2)c2ccccc2)s1. The first-order valence-corrected chi connectivity index (χ1v) is 12.2. The molecule has 0 spiro atoms. The van der Waals surface area contributed by atoms with Crippen LogP contribution in [-0.2, 0) is 14.3 Å². The molecule has 182 valence electrons. The highest BCUT2D eigenvalue weighted by Crippen LogP contribution is 2.36. The van der Waals surface area contributed by atoms with Crippen molar-refractivity contribution < 1.29 is 24.2 Å². The maximum absolute atomic E-state index is 13.1. The van der Waals surface area contributed by atoms with Crippen molar-refractivity contribution >= 4 is 29.2 Å². The number of carbonyl (C=O) groups is 2. The Labute approximate surface area is 209 Å². The van der Waals surface area contributed by atoms with Gasteiger partial charge in [0.25, 0.3) is 5.91 Å². The highest BCUT2D eigenvalue weighted by molar-refractivity contribution is 7.14. The van der Waals surface area contributed by atoms with Crippen LogP contribution in [0.3, 0.4) is 0 Å². The van der Waals surface area contributed by atoms with Crippen molar-refractivity contribution in [3.63, 3.8) is 0 Å². The molecule has 1 unspecified atom stereocenters. The number of amides is 1. The monoisotopic (exact) mass is 491 g/mol. The van der Waals surface area contributed by atoms with Gasteiger partial charge < -0.3 is 15.2 Å². The normalized spacial score (nSPS) is 12.0. The molecule has 6 nitrogen and oxygen atoms in total. The van der Waals surface area contributed by atoms with Gasteiger partial charge in [-0.2, -0.15) is 0 Å². The zero-order valence-electron chi connectivity index (χ0n) is 20.0. The first-order chi connectivity index (χ1) is 16.7. The second-order valence-corrected chi connectivity index (χ2v) is 10.2. The van der Waals surface area contributed by atoms with Crippen molar-refractivity contribution in [3.05, 3.63) is 99.4 Å². The van der Waals surface area contributed by atoms with Crippen LogP contribution in [0.1, 0.15) is 65.2 Å². The number of hydrogen-bond acceptors (Lipinski definition) is 5. The molecule has 0 aliphatic rings. The van der Waals surface area contributed by atoms with Crippen LogP contribution in [-0.4, -0.2) is 34.6 Å². The van der Waals surface area contributed by atoms with Gasteiger partial charge in [0.05, 0.1) is 10.9 Å². The number of carbonyl (C=O) groups excluding carboxylic acids is 2. The van der Waals surface area contributed by atoms with E-state index in [1.165, 1.54) is 11.3 Å². The third kappa shape index (κ3) is 7.41. The van der Waals surface area contributed by atoms with Crippen molar-refractivity contribution in [3.8, 4) is 0 Å². The molecular weight excluding hydrogens is 462 g/mol. The lowest BCUT2D eigenvalue weighted by Gasteiger charge is -2.26. The van der Waals surface area contributed by atoms with Gasteiger partial charge in [-0.1, -0.05) is 60.7 Å². The van der Waals surface area contributed by atoms with Gasteiger partial charge >= 0.3 is 5.97 Å². The summed E-state index contributed by atoms with van der Waals surface area (Å²) >= 11 is 1.36. The van der Waals surface area contributed by atoms with E-state index in [0.29, 0.717) is 4.88 Å². The number of carboxylic acids is 1. The summed E-state index contributed by atoms with van der Waals surface area (Å²) in [5.41, 5.74) is 1.52. The Hall–Kier alpha value is -3.67. The molecule has 35 heavy (non-hydrogen) atoms. The predicted octanol–water partition coefficient (Wildman–Crippen LogP) is 5.42. The van der Waals surface area contributed by atoms with Gasteiger partial charge in [-0.05, 0) is 50.5 Å². The third-order valence-corrected chi connectivity index (χ3v) is 6.34. The van der Waals surface area contributed by atoms with Gasteiger partial charge in [0.2, 0.25) is 5.76 Å². The minimum atomic E-state index is -1.03. The summed E-state index contributed by atoms with van der Waals surface area (Å²) in [7, 11) is 0. The molecule has 2 aromatic carbocycles. The van der Waals surface area contributed by atoms with Crippen LogP contribution in [0.15, 0.2) is 78.6 Å². The number of ether oxygens (including phenoxy) is 1. The van der Waals surface area contributed by atoms with Gasteiger partial charge in [0, 0.05) is 17.2 Å². The molecule has 1 amide bonds. The van der Waals surface area contributed by atoms with E-state index in [1.807, 2.05) is 42.5 Å². The van der Waals surface area contributed by atoms with Gasteiger partial charge in [-0.25, -0.2) is 4.79 Å². The molecule has 0 saturated carbocycles. The molecular formula is C28H29NO5S. The Morgan fingerprint density at radius 2 is 1.54 bits per heavy atom. The van der Waals surface area contributed by atoms with E-state index in [2.05, 4.69) is 29.6 Å². The lowest BCUT2D eigenvalue weighted by atomic mass is 9.90. The molecule has 1 heterocycles. The topological polar surface area (TPSA) is 92.7 Å². The van der Waals surface area contributed by atoms with Gasteiger partial charge in [-0.15, -0.1) is 11.3 Å². The van der Waals surface area contributed by atoms with Crippen molar-refractivity contribution in [2.75, 3.05) is 0 Å². The number of nitrogens with one attached hydrogen (secondary N) is 1. The van der Waals surface area contributed by atoms with E-state index < -0.39 is 23.5 Å². The molecule has 3 rings (SSSR count). The second-order valence-electron chi connectivity index (χ2n) is 9.10. The Morgan fingerprint density at radius 3 is 2.03 bits per heavy atom. The number of thiophene rings is 1. The van der Waals surface area contributed by atoms with Gasteiger partial charge in [0.1, 0.15) is 5.60 Å². The highest BCUT2D eigenvalue weighted by Gasteiger charge is 2.27. The predicted molar refractivity (Wildman–Crippen MR) is 136 cm³/mol. The van der Waals surface area contributed by atoms with Crippen molar-refractivity contribution in [1.82, 2.24) is 5.32 Å². The van der Waals surface area contributed by atoms with Gasteiger partial charge in [-0.3, -0.25) is 9.59 Å². The fourth-order valence-electron chi connectivity index (χ4n) is 3.70. The van der Waals surface area contributed by atoms with E-state index in [9.17, 15) is 14.4 Å². The summed E-state index contributed by atoms with van der Waals surface area (Å²) in [5.74, 6) is 0.159. The van der Waals surface area contributed by atoms with Gasteiger partial charge in [0.15, 0.2) is 5.94 Å². The van der Waals surface area contributed by atoms with Crippen LogP contribution in [0.2, 0.25) is 0 Å². The summed E-state index contributed by atoms with van der Waals surface area (Å²) in [4.78, 5) is 37.4. The lowest BCUT2D eigenvalue weighted by molar-refractivity contribution is -0.137. The van der Waals surface area contributed by atoms with Crippen LogP contribution in [0, 0.1) is 0 Å². The summed E-state index contributed by atoms with van der Waals surface area (Å²) in [6.07, 6.45) is -0.222. The maximum atomic E-state index is 13.1. The highest BCUT2D eigenvalue weighted by atomic mass is 32.1. The van der Waals surface area contributed by atoms with E-state index >= 15 is 0 Å². The summed E-state index contributed by atoms with van der Waals surface area (Å²) in [6.45, 7) is 5.29. The summed E-state index contributed by atoms with van der Waals surface area (Å²) in [6, 6.07) is 22.9. The Morgan fingerprint density at radius 1 is 0.971 bits per heavy atom. The second kappa shape index (κ2) is 11.6. The average Bonchev–Trinajstić information content (AvgIpc) is 3.31. The maximum Gasteiger partial charge on any atom is 0.303 e. The third-order valence-electron chi connectivity index (χ3n) is 5.19. The minimum Gasteiger partial charge on any atom is -0.481 e. The van der Waals surface area contributed by atoms with E-state index in [1.54, 1.807) is 32.8 Å². The zero-order chi connectivity index (χ0) is 25.4. The molecule has 0 saturated heterocycles. The van der Waals surface area contributed by atoms with Crippen LogP contribution in [0.5, 0.6) is 0 Å². The molecule has 0 fully saturated rings. The Balaban J connectivity index is 1.87. The Bertz CT molecular complexity index is 1150. The first kappa shape index (κ1) is 25.9. The fourth-order valence-corrected chi connectivity index (χ4v) is 4.77. The smallest absolute Gasteiger partial charge is 0.303 e. The standard InChI is InChI=1S/C28H29NO5S/c1-28(2,3)34-22(18-30)21(14-17-25(31)32)29-27(33)24-16-15-23(35-24)26(19-10-6-4-7-11-19)20-12-8-5-9-13-20/h4-13,15-16,21,26H,14,17H2,1-3H3,(H,29,33)(H,31,32). The number of carboxylic acid groups (broad SMARTS) is 1. The van der Waals surface area contributed by atoms with Crippen molar-refractivity contribution in [2.45, 2.75) is 51.2 Å². The van der Waals surface area contributed by atoms with E-state index in [4.69, 9.17) is 9.84 Å². The molecule has 0 bridgehead atoms. The quantitative estimate of drug-likeness (QED) is 0.292. The van der Waals surface area contributed by atoms with Crippen molar-refractivity contribution in [2.24, 2.45) is 0 Å². The minimum absolute atomic E-state index is 0.0105. The zero-order valence-corrected chi connectivity index (χ0v) is 20.8. The number of benzene rings is 2. The molecule has 1 atom stereocenters. The lowest BCUT2D eigenvalue weighted by Crippen LogP contribution is -2.39. The fraction of sp³-hybridized carbons (Fsp3) is 0.286. The molecule has 0 aliphatic heterocycles. The molecule has 3 aromatic rings. The molecule has 2 N–H and O–H groups in total. The summed E-state index contributed by atoms with van der Waals surface area (Å²) < 4.78 is 5.67. The number of hydrogen-bond donors (Lipinski definition) is 2. The van der Waals surface area contributed by atoms with E-state index in [0.717, 1.165) is 16.0 Å². The van der Waals surface area contributed by atoms with Crippen LogP contribution in [0.4, 0.5) is 0 Å². The molecule has 1 aromatic heterocycles. The first-order valence-electron chi connectivity index (χ1n) is 11.3. The Kier molecular flexibility index (Phi) is 8.63. The largest absolute Gasteiger partial charge is 0.481 e. The van der Waals surface area contributed by atoms with Crippen molar-refractivity contribution in [1.29, 1.82) is 0 Å². The molecule has 0 aliphatic carbocycles. The molecule has 7 heteroatoms. The van der Waals surface area contributed by atoms with Crippen LogP contribution in [0.25, 0.3) is 0 Å². The van der Waals surface area contributed by atoms with E-state index in [-0.39, 0.29) is 24.5 Å².